The van der Waals surface area contributed by atoms with Crippen molar-refractivity contribution in [2.24, 2.45) is 11.5 Å². The zero-order valence-corrected chi connectivity index (χ0v) is 10.1. The van der Waals surface area contributed by atoms with Crippen molar-refractivity contribution in [2.75, 3.05) is 26.2 Å². The fourth-order valence-electron chi connectivity index (χ4n) is 1.30. The highest BCUT2D eigenvalue weighted by atomic mass is 16.2. The molecule has 0 bridgehead atoms. The number of hydrogen-bond donors (Lipinski definition) is 5. The van der Waals surface area contributed by atoms with Gasteiger partial charge in [0.15, 0.2) is 0 Å². The molecule has 0 heterocycles. The first kappa shape index (κ1) is 15.5. The molecule has 0 rings (SSSR count). The molecule has 0 aromatic heterocycles. The molecule has 0 fully saturated rings. The van der Waals surface area contributed by atoms with Crippen LogP contribution in [0, 0.1) is 0 Å². The van der Waals surface area contributed by atoms with E-state index >= 15 is 0 Å². The monoisotopic (exact) mass is 245 g/mol. The second-order valence-corrected chi connectivity index (χ2v) is 3.75. The highest BCUT2D eigenvalue weighted by Gasteiger charge is 1.93. The van der Waals surface area contributed by atoms with Crippen molar-refractivity contribution in [1.82, 2.24) is 16.0 Å². The standard InChI is InChI=1S/C10H23N5O2/c11-9(16)14-7-3-1-5-13-6-2-4-8-15-10(12)17/h13H,1-8H2,(H3,11,14,16)(H3,12,15,17). The Kier molecular flexibility index (Phi) is 10.0. The Labute approximate surface area is 102 Å². The lowest BCUT2D eigenvalue weighted by molar-refractivity contribution is 0.248. The quantitative estimate of drug-likeness (QED) is 0.332. The van der Waals surface area contributed by atoms with Gasteiger partial charge in [-0.15, -0.1) is 0 Å². The molecule has 0 unspecified atom stereocenters. The normalized spacial score (nSPS) is 9.88. The molecule has 4 amide bonds. The van der Waals surface area contributed by atoms with Crippen molar-refractivity contribution in [3.63, 3.8) is 0 Å². The Morgan fingerprint density at radius 3 is 1.41 bits per heavy atom. The van der Waals surface area contributed by atoms with Crippen LogP contribution in [0.1, 0.15) is 25.7 Å². The summed E-state index contributed by atoms with van der Waals surface area (Å²) in [6.45, 7) is 3.09. The summed E-state index contributed by atoms with van der Waals surface area (Å²) in [6.07, 6.45) is 3.83. The summed E-state index contributed by atoms with van der Waals surface area (Å²) in [6, 6.07) is -0.945. The van der Waals surface area contributed by atoms with E-state index in [9.17, 15) is 9.59 Å². The lowest BCUT2D eigenvalue weighted by Crippen LogP contribution is -2.31. The Bertz CT molecular complexity index is 201. The van der Waals surface area contributed by atoms with Gasteiger partial charge in [-0.3, -0.25) is 0 Å². The Morgan fingerprint density at radius 1 is 0.706 bits per heavy atom. The van der Waals surface area contributed by atoms with Crippen LogP contribution in [0.2, 0.25) is 0 Å². The number of rotatable bonds is 10. The third-order valence-electron chi connectivity index (χ3n) is 2.16. The fraction of sp³-hybridized carbons (Fsp3) is 0.800. The van der Waals surface area contributed by atoms with Crippen LogP contribution in [0.4, 0.5) is 9.59 Å². The van der Waals surface area contributed by atoms with E-state index in [2.05, 4.69) is 16.0 Å². The summed E-state index contributed by atoms with van der Waals surface area (Å²) in [4.78, 5) is 20.7. The molecule has 7 heteroatoms. The van der Waals surface area contributed by atoms with Crippen molar-refractivity contribution in [3.05, 3.63) is 0 Å². The first-order valence-corrected chi connectivity index (χ1v) is 5.90. The van der Waals surface area contributed by atoms with Crippen LogP contribution in [0.15, 0.2) is 0 Å². The third kappa shape index (κ3) is 14.5. The van der Waals surface area contributed by atoms with Gasteiger partial charge in [-0.2, -0.15) is 0 Å². The third-order valence-corrected chi connectivity index (χ3v) is 2.16. The first-order valence-electron chi connectivity index (χ1n) is 5.90. The molecule has 0 spiro atoms. The Balaban J connectivity index is 2.98. The van der Waals surface area contributed by atoms with Crippen molar-refractivity contribution >= 4 is 12.1 Å². The van der Waals surface area contributed by atoms with Gasteiger partial charge in [-0.1, -0.05) is 0 Å². The number of carbonyl (C=O) groups excluding carboxylic acids is 2. The van der Waals surface area contributed by atoms with E-state index < -0.39 is 12.1 Å². The molecule has 0 aliphatic heterocycles. The molecule has 7 N–H and O–H groups in total. The number of amides is 4. The Morgan fingerprint density at radius 2 is 1.06 bits per heavy atom. The number of hydrogen-bond acceptors (Lipinski definition) is 3. The summed E-state index contributed by atoms with van der Waals surface area (Å²) in [5, 5.41) is 8.34. The minimum atomic E-state index is -0.472. The Hall–Kier alpha value is -1.50. The van der Waals surface area contributed by atoms with Gasteiger partial charge in [-0.05, 0) is 38.8 Å². The highest BCUT2D eigenvalue weighted by molar-refractivity contribution is 5.71. The van der Waals surface area contributed by atoms with Gasteiger partial charge in [0.05, 0.1) is 0 Å². The lowest BCUT2D eigenvalue weighted by atomic mass is 10.3. The molecule has 7 nitrogen and oxygen atoms in total. The molecule has 0 aromatic rings. The summed E-state index contributed by atoms with van der Waals surface area (Å²) < 4.78 is 0. The van der Waals surface area contributed by atoms with Crippen molar-refractivity contribution in [2.45, 2.75) is 25.7 Å². The second-order valence-electron chi connectivity index (χ2n) is 3.75. The van der Waals surface area contributed by atoms with Crippen molar-refractivity contribution < 1.29 is 9.59 Å². The number of nitrogens with one attached hydrogen (secondary N) is 3. The van der Waals surface area contributed by atoms with E-state index in [0.717, 1.165) is 38.8 Å². The predicted octanol–water partition coefficient (Wildman–Crippen LogP) is -0.527. The SMILES string of the molecule is NC(=O)NCCCCNCCCCNC(N)=O. The van der Waals surface area contributed by atoms with E-state index in [1.165, 1.54) is 0 Å². The molecule has 0 aliphatic carbocycles. The largest absolute Gasteiger partial charge is 0.352 e. The van der Waals surface area contributed by atoms with Crippen LogP contribution in [0.5, 0.6) is 0 Å². The summed E-state index contributed by atoms with van der Waals surface area (Å²) in [5.41, 5.74) is 9.84. The van der Waals surface area contributed by atoms with Crippen LogP contribution in [-0.2, 0) is 0 Å². The second kappa shape index (κ2) is 11.0. The zero-order chi connectivity index (χ0) is 12.9. The lowest BCUT2D eigenvalue weighted by Gasteiger charge is -2.05. The number of primary amides is 2. The minimum absolute atomic E-state index is 0.472. The predicted molar refractivity (Wildman–Crippen MR) is 66.5 cm³/mol. The highest BCUT2D eigenvalue weighted by Crippen LogP contribution is 1.87. The molecule has 0 aliphatic rings. The van der Waals surface area contributed by atoms with Gasteiger partial charge in [0.1, 0.15) is 0 Å². The van der Waals surface area contributed by atoms with E-state index in [-0.39, 0.29) is 0 Å². The van der Waals surface area contributed by atoms with Gasteiger partial charge in [-0.25, -0.2) is 9.59 Å². The van der Waals surface area contributed by atoms with Crippen LogP contribution < -0.4 is 27.4 Å². The van der Waals surface area contributed by atoms with Gasteiger partial charge < -0.3 is 27.4 Å². The van der Waals surface area contributed by atoms with Crippen molar-refractivity contribution in [1.29, 1.82) is 0 Å². The summed E-state index contributed by atoms with van der Waals surface area (Å²) in [7, 11) is 0. The number of unbranched alkanes of at least 4 members (excludes halogenated alkanes) is 2. The molecule has 0 aromatic carbocycles. The molecule has 17 heavy (non-hydrogen) atoms. The summed E-state index contributed by atoms with van der Waals surface area (Å²) >= 11 is 0. The number of nitrogens with two attached hydrogens (primary N) is 2. The van der Waals surface area contributed by atoms with E-state index in [4.69, 9.17) is 11.5 Å². The maximum Gasteiger partial charge on any atom is 0.312 e. The molecule has 0 radical (unpaired) electrons. The maximum atomic E-state index is 10.3. The number of carbonyl (C=O) groups is 2. The van der Waals surface area contributed by atoms with E-state index in [0.29, 0.717) is 13.1 Å². The average molecular weight is 245 g/mol. The van der Waals surface area contributed by atoms with Crippen LogP contribution >= 0.6 is 0 Å². The van der Waals surface area contributed by atoms with E-state index in [1.54, 1.807) is 0 Å². The van der Waals surface area contributed by atoms with Crippen LogP contribution in [-0.4, -0.2) is 38.2 Å². The molecule has 0 atom stereocenters. The average Bonchev–Trinajstić information content (AvgIpc) is 2.25. The maximum absolute atomic E-state index is 10.3. The van der Waals surface area contributed by atoms with Crippen LogP contribution in [0.25, 0.3) is 0 Å². The van der Waals surface area contributed by atoms with Crippen LogP contribution in [0.3, 0.4) is 0 Å². The molecule has 0 saturated carbocycles. The zero-order valence-electron chi connectivity index (χ0n) is 10.1. The van der Waals surface area contributed by atoms with Gasteiger partial charge >= 0.3 is 12.1 Å². The molecule has 0 saturated heterocycles. The molecule has 100 valence electrons. The topological polar surface area (TPSA) is 122 Å². The van der Waals surface area contributed by atoms with Gasteiger partial charge in [0, 0.05) is 13.1 Å². The number of urea groups is 2. The fourth-order valence-corrected chi connectivity index (χ4v) is 1.30. The summed E-state index contributed by atoms with van der Waals surface area (Å²) in [5.74, 6) is 0. The van der Waals surface area contributed by atoms with E-state index in [1.807, 2.05) is 0 Å². The van der Waals surface area contributed by atoms with Gasteiger partial charge in [0.25, 0.3) is 0 Å². The molecular weight excluding hydrogens is 222 g/mol. The van der Waals surface area contributed by atoms with Gasteiger partial charge in [0.2, 0.25) is 0 Å². The smallest absolute Gasteiger partial charge is 0.312 e. The van der Waals surface area contributed by atoms with Crippen molar-refractivity contribution in [3.8, 4) is 0 Å². The first-order chi connectivity index (χ1) is 8.13. The minimum Gasteiger partial charge on any atom is -0.352 e. The molecular formula is C10H23N5O2.